The van der Waals surface area contributed by atoms with Gasteiger partial charge in [0.2, 0.25) is 0 Å². The van der Waals surface area contributed by atoms with Gasteiger partial charge in [-0.25, -0.2) is 4.39 Å². The van der Waals surface area contributed by atoms with Gasteiger partial charge in [-0.3, -0.25) is 4.79 Å². The van der Waals surface area contributed by atoms with E-state index >= 15 is 0 Å². The van der Waals surface area contributed by atoms with Crippen molar-refractivity contribution >= 4 is 5.78 Å². The Morgan fingerprint density at radius 1 is 1.64 bits per heavy atom. The Balaban J connectivity index is 2.37. The molecule has 0 bridgehead atoms. The van der Waals surface area contributed by atoms with E-state index in [9.17, 15) is 9.18 Å². The van der Waals surface area contributed by atoms with E-state index in [1.165, 1.54) is 0 Å². The second-order valence-electron chi connectivity index (χ2n) is 4.08. The van der Waals surface area contributed by atoms with Crippen LogP contribution in [0.25, 0.3) is 0 Å². The molecule has 0 unspecified atom stereocenters. The molecule has 1 aliphatic rings. The molecule has 0 heterocycles. The maximum Gasteiger partial charge on any atom is 0.159 e. The second-order valence-corrected chi connectivity index (χ2v) is 4.08. The Hall–Kier alpha value is -0.700. The normalized spacial score (nSPS) is 22.3. The number of ketones is 1. The number of alkyl halides is 1. The molecule has 0 N–H and O–H groups in total. The Morgan fingerprint density at radius 2 is 2.36 bits per heavy atom. The summed E-state index contributed by atoms with van der Waals surface area (Å²) in [7, 11) is 3.89. The summed E-state index contributed by atoms with van der Waals surface area (Å²) in [6.07, 6.45) is 3.14. The highest BCUT2D eigenvalue weighted by Crippen LogP contribution is 2.21. The average Bonchev–Trinajstić information content (AvgIpc) is 2.15. The Labute approximate surface area is 84.8 Å². The summed E-state index contributed by atoms with van der Waals surface area (Å²) in [6.45, 7) is 0.773. The topological polar surface area (TPSA) is 20.3 Å². The SMILES string of the molecule is CN(C)CCC(=O)C1=CC[C@H](F)CC1. The Kier molecular flexibility index (Phi) is 4.26. The molecule has 0 saturated carbocycles. The van der Waals surface area contributed by atoms with Crippen LogP contribution in [0.1, 0.15) is 25.7 Å². The van der Waals surface area contributed by atoms with Gasteiger partial charge in [-0.1, -0.05) is 6.08 Å². The number of carbonyl (C=O) groups is 1. The summed E-state index contributed by atoms with van der Waals surface area (Å²) >= 11 is 0. The highest BCUT2D eigenvalue weighted by molar-refractivity contribution is 5.95. The fraction of sp³-hybridized carbons (Fsp3) is 0.727. The van der Waals surface area contributed by atoms with Crippen LogP contribution in [0.3, 0.4) is 0 Å². The molecule has 0 radical (unpaired) electrons. The van der Waals surface area contributed by atoms with Crippen molar-refractivity contribution in [2.24, 2.45) is 0 Å². The molecule has 0 fully saturated rings. The maximum absolute atomic E-state index is 12.8. The lowest BCUT2D eigenvalue weighted by Gasteiger charge is -2.15. The van der Waals surface area contributed by atoms with Crippen LogP contribution in [0.2, 0.25) is 0 Å². The standard InChI is InChI=1S/C11H18FNO/c1-13(2)8-7-11(14)9-3-5-10(12)6-4-9/h3,10H,4-8H2,1-2H3/t10-/m0/s1. The third-order valence-electron chi connectivity index (χ3n) is 2.49. The number of rotatable bonds is 4. The van der Waals surface area contributed by atoms with Crippen LogP contribution in [0.15, 0.2) is 11.6 Å². The molecular formula is C11H18FNO. The second kappa shape index (κ2) is 5.25. The third-order valence-corrected chi connectivity index (χ3v) is 2.49. The summed E-state index contributed by atoms with van der Waals surface area (Å²) in [5.41, 5.74) is 0.834. The molecule has 2 nitrogen and oxygen atoms in total. The first-order chi connectivity index (χ1) is 6.59. The van der Waals surface area contributed by atoms with Crippen LogP contribution in [-0.4, -0.2) is 37.5 Å². The minimum Gasteiger partial charge on any atom is -0.309 e. The summed E-state index contributed by atoms with van der Waals surface area (Å²) in [4.78, 5) is 13.6. The molecule has 0 aromatic heterocycles. The molecule has 14 heavy (non-hydrogen) atoms. The van der Waals surface area contributed by atoms with Gasteiger partial charge >= 0.3 is 0 Å². The first kappa shape index (κ1) is 11.4. The average molecular weight is 199 g/mol. The van der Waals surface area contributed by atoms with Gasteiger partial charge in [0.25, 0.3) is 0 Å². The van der Waals surface area contributed by atoms with Crippen molar-refractivity contribution in [3.05, 3.63) is 11.6 Å². The molecule has 1 atom stereocenters. The quantitative estimate of drug-likeness (QED) is 0.689. The monoisotopic (exact) mass is 199 g/mol. The van der Waals surface area contributed by atoms with Crippen molar-refractivity contribution < 1.29 is 9.18 Å². The predicted molar refractivity (Wildman–Crippen MR) is 55.0 cm³/mol. The fourth-order valence-electron chi connectivity index (χ4n) is 1.54. The van der Waals surface area contributed by atoms with E-state index < -0.39 is 6.17 Å². The van der Waals surface area contributed by atoms with E-state index in [0.29, 0.717) is 25.7 Å². The van der Waals surface area contributed by atoms with Crippen molar-refractivity contribution in [2.45, 2.75) is 31.9 Å². The molecule has 1 aliphatic carbocycles. The zero-order valence-corrected chi connectivity index (χ0v) is 8.92. The fourth-order valence-corrected chi connectivity index (χ4v) is 1.54. The highest BCUT2D eigenvalue weighted by atomic mass is 19.1. The minimum absolute atomic E-state index is 0.186. The van der Waals surface area contributed by atoms with Gasteiger partial charge in [-0.2, -0.15) is 0 Å². The van der Waals surface area contributed by atoms with Crippen LogP contribution in [0.5, 0.6) is 0 Å². The van der Waals surface area contributed by atoms with Crippen molar-refractivity contribution in [3.63, 3.8) is 0 Å². The molecule has 0 aromatic carbocycles. The molecule has 3 heteroatoms. The number of Topliss-reactive ketones (excluding diaryl/α,β-unsaturated/α-hetero) is 1. The molecule has 0 saturated heterocycles. The summed E-state index contributed by atoms with van der Waals surface area (Å²) in [5, 5.41) is 0. The summed E-state index contributed by atoms with van der Waals surface area (Å²) in [5.74, 6) is 0.186. The molecule has 0 spiro atoms. The Bertz CT molecular complexity index is 235. The van der Waals surface area contributed by atoms with E-state index in [1.807, 2.05) is 19.0 Å². The third kappa shape index (κ3) is 3.58. The van der Waals surface area contributed by atoms with Crippen molar-refractivity contribution in [1.29, 1.82) is 0 Å². The molecule has 1 rings (SSSR count). The van der Waals surface area contributed by atoms with E-state index in [-0.39, 0.29) is 5.78 Å². The molecule has 80 valence electrons. The molecular weight excluding hydrogens is 181 g/mol. The van der Waals surface area contributed by atoms with Gasteiger partial charge in [0, 0.05) is 13.0 Å². The van der Waals surface area contributed by atoms with Crippen LogP contribution in [0, 0.1) is 0 Å². The lowest BCUT2D eigenvalue weighted by atomic mass is 9.94. The largest absolute Gasteiger partial charge is 0.309 e. The van der Waals surface area contributed by atoms with E-state index in [4.69, 9.17) is 0 Å². The van der Waals surface area contributed by atoms with Crippen LogP contribution >= 0.6 is 0 Å². The van der Waals surface area contributed by atoms with Gasteiger partial charge in [0.15, 0.2) is 5.78 Å². The minimum atomic E-state index is -0.736. The number of allylic oxidation sites excluding steroid dienone is 2. The maximum atomic E-state index is 12.8. The van der Waals surface area contributed by atoms with Crippen LogP contribution in [-0.2, 0) is 4.79 Å². The Morgan fingerprint density at radius 3 is 2.86 bits per heavy atom. The lowest BCUT2D eigenvalue weighted by molar-refractivity contribution is -0.116. The van der Waals surface area contributed by atoms with Gasteiger partial charge in [0.1, 0.15) is 6.17 Å². The van der Waals surface area contributed by atoms with Crippen molar-refractivity contribution in [1.82, 2.24) is 4.90 Å². The van der Waals surface area contributed by atoms with Gasteiger partial charge in [-0.05, 0) is 38.9 Å². The van der Waals surface area contributed by atoms with Crippen LogP contribution in [0.4, 0.5) is 4.39 Å². The van der Waals surface area contributed by atoms with Crippen molar-refractivity contribution in [2.75, 3.05) is 20.6 Å². The number of hydrogen-bond donors (Lipinski definition) is 0. The summed E-state index contributed by atoms with van der Waals surface area (Å²) < 4.78 is 12.8. The van der Waals surface area contributed by atoms with Crippen LogP contribution < -0.4 is 0 Å². The van der Waals surface area contributed by atoms with Gasteiger partial charge in [0.05, 0.1) is 0 Å². The zero-order chi connectivity index (χ0) is 10.6. The molecule has 0 aromatic rings. The number of halogens is 1. The number of hydrogen-bond acceptors (Lipinski definition) is 2. The number of nitrogens with zero attached hydrogens (tertiary/aromatic N) is 1. The first-order valence-electron chi connectivity index (χ1n) is 5.10. The van der Waals surface area contributed by atoms with E-state index in [2.05, 4.69) is 0 Å². The number of carbonyl (C=O) groups excluding carboxylic acids is 1. The predicted octanol–water partition coefficient (Wildman–Crippen LogP) is 1.96. The molecule has 0 aliphatic heterocycles. The van der Waals surface area contributed by atoms with Gasteiger partial charge < -0.3 is 4.90 Å². The smallest absolute Gasteiger partial charge is 0.159 e. The van der Waals surface area contributed by atoms with Crippen molar-refractivity contribution in [3.8, 4) is 0 Å². The van der Waals surface area contributed by atoms with E-state index in [0.717, 1.165) is 12.1 Å². The summed E-state index contributed by atoms with van der Waals surface area (Å²) in [6, 6.07) is 0. The first-order valence-corrected chi connectivity index (χ1v) is 5.10. The lowest BCUT2D eigenvalue weighted by Crippen LogP contribution is -2.19. The van der Waals surface area contributed by atoms with Gasteiger partial charge in [-0.15, -0.1) is 0 Å². The van der Waals surface area contributed by atoms with E-state index in [1.54, 1.807) is 6.08 Å². The zero-order valence-electron chi connectivity index (χ0n) is 8.92. The molecule has 0 amide bonds. The highest BCUT2D eigenvalue weighted by Gasteiger charge is 2.17.